The molecule has 1 aromatic rings. The Labute approximate surface area is 216 Å². The molecule has 1 heterocycles. The lowest BCUT2D eigenvalue weighted by Crippen LogP contribution is -2.57. The molecule has 0 bridgehead atoms. The van der Waals surface area contributed by atoms with E-state index >= 15 is 0 Å². The molecule has 1 aliphatic heterocycles. The topological polar surface area (TPSA) is 168 Å². The predicted molar refractivity (Wildman–Crippen MR) is 140 cm³/mol. The lowest BCUT2D eigenvalue weighted by atomic mass is 10.0. The molecule has 0 aromatic heterocycles. The van der Waals surface area contributed by atoms with E-state index in [4.69, 9.17) is 11.5 Å². The number of carbonyl (C=O) groups is 4. The zero-order valence-corrected chi connectivity index (χ0v) is 21.7. The zero-order chi connectivity index (χ0) is 26.5. The predicted octanol–water partition coefficient (Wildman–Crippen LogP) is 0.484. The van der Waals surface area contributed by atoms with Crippen LogP contribution in [-0.4, -0.2) is 83.0 Å². The number of likely N-dealkylation sites (tertiary alicyclic amines) is 1. The van der Waals surface area contributed by atoms with Crippen LogP contribution < -0.4 is 22.1 Å². The summed E-state index contributed by atoms with van der Waals surface area (Å²) in [5.74, 6) is -1.68. The number of carboxylic acid groups (broad SMARTS) is 1. The molecule has 4 atom stereocenters. The Morgan fingerprint density at radius 1 is 1.11 bits per heavy atom. The average molecular weight is 522 g/mol. The average Bonchev–Trinajstić information content (AvgIpc) is 3.36. The van der Waals surface area contributed by atoms with E-state index in [-0.39, 0.29) is 12.3 Å². The van der Waals surface area contributed by atoms with Gasteiger partial charge in [-0.1, -0.05) is 30.3 Å². The maximum absolute atomic E-state index is 13.5. The number of carboxylic acids is 1. The van der Waals surface area contributed by atoms with E-state index in [1.54, 1.807) is 36.0 Å². The number of nitrogens with zero attached hydrogens (tertiary/aromatic N) is 1. The molecule has 1 saturated heterocycles. The van der Waals surface area contributed by atoms with Gasteiger partial charge in [0.25, 0.3) is 0 Å². The van der Waals surface area contributed by atoms with Gasteiger partial charge in [0.1, 0.15) is 18.1 Å². The van der Waals surface area contributed by atoms with E-state index in [9.17, 15) is 24.3 Å². The third-order valence-electron chi connectivity index (χ3n) is 6.27. The van der Waals surface area contributed by atoms with Gasteiger partial charge in [-0.25, -0.2) is 4.79 Å². The van der Waals surface area contributed by atoms with Gasteiger partial charge in [0, 0.05) is 13.0 Å². The Kier molecular flexibility index (Phi) is 12.7. The number of rotatable bonds is 15. The van der Waals surface area contributed by atoms with Gasteiger partial charge in [-0.05, 0) is 62.6 Å². The standard InChI is InChI=1S/C25H39N5O5S/c1-36-15-12-18(27)22(31)28-19(10-5-6-13-26)24(33)30-14-7-11-21(30)23(32)29-20(25(34)35)16-17-8-3-2-4-9-17/h2-4,8-9,18-21H,5-7,10-16,26-27H2,1H3,(H,28,31)(H,29,32)(H,34,35). The second-order valence-corrected chi connectivity index (χ2v) is 10.00. The molecular weight excluding hydrogens is 482 g/mol. The number of hydrogen-bond acceptors (Lipinski definition) is 7. The summed E-state index contributed by atoms with van der Waals surface area (Å²) < 4.78 is 0. The normalized spacial score (nSPS) is 17.8. The van der Waals surface area contributed by atoms with Crippen molar-refractivity contribution in [1.29, 1.82) is 0 Å². The van der Waals surface area contributed by atoms with E-state index in [0.717, 1.165) is 11.3 Å². The van der Waals surface area contributed by atoms with Crippen molar-refractivity contribution in [3.63, 3.8) is 0 Å². The Bertz CT molecular complexity index is 872. The third-order valence-corrected chi connectivity index (χ3v) is 6.91. The molecule has 0 saturated carbocycles. The van der Waals surface area contributed by atoms with Crippen molar-refractivity contribution in [1.82, 2.24) is 15.5 Å². The largest absolute Gasteiger partial charge is 0.480 e. The molecule has 1 fully saturated rings. The number of amides is 3. The minimum absolute atomic E-state index is 0.133. The van der Waals surface area contributed by atoms with Gasteiger partial charge in [-0.2, -0.15) is 11.8 Å². The summed E-state index contributed by atoms with van der Waals surface area (Å²) in [5.41, 5.74) is 12.4. The Balaban J connectivity index is 2.09. The molecule has 0 spiro atoms. The Hall–Kier alpha value is -2.63. The summed E-state index contributed by atoms with van der Waals surface area (Å²) in [6.07, 6.45) is 5.29. The summed E-state index contributed by atoms with van der Waals surface area (Å²) in [7, 11) is 0. The van der Waals surface area contributed by atoms with E-state index in [1.807, 2.05) is 12.3 Å². The summed E-state index contributed by atoms with van der Waals surface area (Å²) in [6.45, 7) is 0.823. The van der Waals surface area contributed by atoms with E-state index in [1.165, 1.54) is 4.90 Å². The van der Waals surface area contributed by atoms with Crippen LogP contribution in [0.2, 0.25) is 0 Å². The molecule has 1 aromatic carbocycles. The number of hydrogen-bond donors (Lipinski definition) is 5. The monoisotopic (exact) mass is 521 g/mol. The van der Waals surface area contributed by atoms with Gasteiger partial charge >= 0.3 is 5.97 Å². The van der Waals surface area contributed by atoms with E-state index in [2.05, 4.69) is 10.6 Å². The van der Waals surface area contributed by atoms with Crippen molar-refractivity contribution < 1.29 is 24.3 Å². The quantitative estimate of drug-likeness (QED) is 0.208. The van der Waals surface area contributed by atoms with Crippen LogP contribution in [0.25, 0.3) is 0 Å². The highest BCUT2D eigenvalue weighted by Gasteiger charge is 2.39. The fourth-order valence-electron chi connectivity index (χ4n) is 4.23. The molecule has 0 radical (unpaired) electrons. The van der Waals surface area contributed by atoms with Gasteiger partial charge < -0.3 is 32.1 Å². The molecule has 3 amide bonds. The highest BCUT2D eigenvalue weighted by Crippen LogP contribution is 2.20. The molecule has 10 nitrogen and oxygen atoms in total. The van der Waals surface area contributed by atoms with Crippen molar-refractivity contribution >= 4 is 35.5 Å². The summed E-state index contributed by atoms with van der Waals surface area (Å²) >= 11 is 1.59. The zero-order valence-electron chi connectivity index (χ0n) is 20.9. The van der Waals surface area contributed by atoms with Crippen LogP contribution >= 0.6 is 11.8 Å². The molecular formula is C25H39N5O5S. The lowest BCUT2D eigenvalue weighted by molar-refractivity contribution is -0.145. The number of benzene rings is 1. The highest BCUT2D eigenvalue weighted by atomic mass is 32.2. The van der Waals surface area contributed by atoms with Crippen molar-refractivity contribution in [2.45, 2.75) is 69.1 Å². The Morgan fingerprint density at radius 3 is 2.47 bits per heavy atom. The van der Waals surface area contributed by atoms with Gasteiger partial charge in [0.2, 0.25) is 17.7 Å². The van der Waals surface area contributed by atoms with Crippen molar-refractivity contribution in [2.24, 2.45) is 11.5 Å². The van der Waals surface area contributed by atoms with Crippen molar-refractivity contribution in [3.8, 4) is 0 Å². The van der Waals surface area contributed by atoms with Crippen LogP contribution in [0.1, 0.15) is 44.1 Å². The molecule has 1 aliphatic rings. The minimum Gasteiger partial charge on any atom is -0.480 e. The van der Waals surface area contributed by atoms with Crippen LogP contribution in [0.5, 0.6) is 0 Å². The number of carbonyl (C=O) groups excluding carboxylic acids is 3. The summed E-state index contributed by atoms with van der Waals surface area (Å²) in [6, 6.07) is 5.57. The second kappa shape index (κ2) is 15.5. The number of thioether (sulfide) groups is 1. The van der Waals surface area contributed by atoms with E-state index < -0.39 is 42.0 Å². The summed E-state index contributed by atoms with van der Waals surface area (Å²) in [4.78, 5) is 52.5. The number of aliphatic carboxylic acids is 1. The smallest absolute Gasteiger partial charge is 0.326 e. The molecule has 4 unspecified atom stereocenters. The highest BCUT2D eigenvalue weighted by molar-refractivity contribution is 7.98. The van der Waals surface area contributed by atoms with Gasteiger partial charge in [-0.3, -0.25) is 14.4 Å². The van der Waals surface area contributed by atoms with Crippen LogP contribution in [0.3, 0.4) is 0 Å². The van der Waals surface area contributed by atoms with Gasteiger partial charge in [0.05, 0.1) is 6.04 Å². The fraction of sp³-hybridized carbons (Fsp3) is 0.600. The van der Waals surface area contributed by atoms with Gasteiger partial charge in [-0.15, -0.1) is 0 Å². The number of nitrogens with two attached hydrogens (primary N) is 2. The molecule has 11 heteroatoms. The molecule has 7 N–H and O–H groups in total. The maximum Gasteiger partial charge on any atom is 0.326 e. The number of nitrogens with one attached hydrogen (secondary N) is 2. The van der Waals surface area contributed by atoms with Crippen LogP contribution in [0.4, 0.5) is 0 Å². The van der Waals surface area contributed by atoms with Crippen LogP contribution in [0.15, 0.2) is 30.3 Å². The first kappa shape index (κ1) is 29.6. The first-order chi connectivity index (χ1) is 17.3. The number of unbranched alkanes of at least 4 members (excludes halogenated alkanes) is 1. The lowest BCUT2D eigenvalue weighted by Gasteiger charge is -2.30. The first-order valence-electron chi connectivity index (χ1n) is 12.4. The molecule has 2 rings (SSSR count). The molecule has 200 valence electrons. The first-order valence-corrected chi connectivity index (χ1v) is 13.8. The van der Waals surface area contributed by atoms with Crippen LogP contribution in [0, 0.1) is 0 Å². The maximum atomic E-state index is 13.5. The van der Waals surface area contributed by atoms with Crippen molar-refractivity contribution in [2.75, 3.05) is 25.1 Å². The molecule has 0 aliphatic carbocycles. The fourth-order valence-corrected chi connectivity index (χ4v) is 4.72. The molecule has 36 heavy (non-hydrogen) atoms. The summed E-state index contributed by atoms with van der Waals surface area (Å²) in [5, 5.41) is 15.0. The van der Waals surface area contributed by atoms with Crippen molar-refractivity contribution in [3.05, 3.63) is 35.9 Å². The second-order valence-electron chi connectivity index (χ2n) is 9.01. The van der Waals surface area contributed by atoms with Crippen LogP contribution in [-0.2, 0) is 25.6 Å². The minimum atomic E-state index is -1.14. The SMILES string of the molecule is CSCCC(N)C(=O)NC(CCCCN)C(=O)N1CCCC1C(=O)NC(Cc1ccccc1)C(=O)O. The third kappa shape index (κ3) is 9.11. The Morgan fingerprint density at radius 2 is 1.83 bits per heavy atom. The van der Waals surface area contributed by atoms with E-state index in [0.29, 0.717) is 51.6 Å². The van der Waals surface area contributed by atoms with Gasteiger partial charge in [0.15, 0.2) is 0 Å².